The lowest BCUT2D eigenvalue weighted by atomic mass is 9.98. The highest BCUT2D eigenvalue weighted by Crippen LogP contribution is 2.35. The van der Waals surface area contributed by atoms with Crippen molar-refractivity contribution in [3.05, 3.63) is 65.2 Å². The summed E-state index contributed by atoms with van der Waals surface area (Å²) in [4.78, 5) is 0. The molecule has 1 aliphatic rings. The van der Waals surface area contributed by atoms with Gasteiger partial charge in [0.05, 0.1) is 23.8 Å². The van der Waals surface area contributed by atoms with E-state index in [1.54, 1.807) is 24.3 Å². The van der Waals surface area contributed by atoms with Crippen molar-refractivity contribution in [2.45, 2.75) is 32.7 Å². The Balaban J connectivity index is 2.00. The number of aryl methyl sites for hydroxylation is 1. The van der Waals surface area contributed by atoms with Gasteiger partial charge in [-0.15, -0.1) is 0 Å². The van der Waals surface area contributed by atoms with Gasteiger partial charge in [-0.2, -0.15) is 9.52 Å². The van der Waals surface area contributed by atoms with Crippen molar-refractivity contribution in [3.63, 3.8) is 0 Å². The zero-order valence-electron chi connectivity index (χ0n) is 16.7. The van der Waals surface area contributed by atoms with Gasteiger partial charge in [-0.1, -0.05) is 48.9 Å². The van der Waals surface area contributed by atoms with Crippen molar-refractivity contribution in [3.8, 4) is 0 Å². The fraction of sp³-hybridized carbons (Fsp3) is 0.350. The first-order chi connectivity index (χ1) is 13.6. The molecular weight excluding hydrogens is 410 g/mol. The fourth-order valence-corrected chi connectivity index (χ4v) is 5.35. The van der Waals surface area contributed by atoms with Crippen LogP contribution >= 0.6 is 0 Å². The molecule has 1 heterocycles. The van der Waals surface area contributed by atoms with Crippen LogP contribution in [0.3, 0.4) is 0 Å². The van der Waals surface area contributed by atoms with Gasteiger partial charge in [0.15, 0.2) is 0 Å². The molecule has 7 nitrogen and oxygen atoms in total. The second-order valence-corrected chi connectivity index (χ2v) is 10.9. The van der Waals surface area contributed by atoms with Gasteiger partial charge in [-0.25, -0.2) is 16.8 Å². The Hall–Kier alpha value is -2.39. The highest BCUT2D eigenvalue weighted by Gasteiger charge is 2.36. The molecule has 1 atom stereocenters. The van der Waals surface area contributed by atoms with E-state index in [-0.39, 0.29) is 5.75 Å². The molecule has 1 unspecified atom stereocenters. The van der Waals surface area contributed by atoms with E-state index in [1.165, 1.54) is 4.41 Å². The number of benzene rings is 2. The summed E-state index contributed by atoms with van der Waals surface area (Å²) in [6.07, 6.45) is 1.99. The number of nitrogens with zero attached hydrogens (tertiary/aromatic N) is 2. The summed E-state index contributed by atoms with van der Waals surface area (Å²) in [5, 5.41) is 4.45. The molecule has 29 heavy (non-hydrogen) atoms. The summed E-state index contributed by atoms with van der Waals surface area (Å²) >= 11 is 0. The summed E-state index contributed by atoms with van der Waals surface area (Å²) < 4.78 is 52.4. The molecule has 1 N–H and O–H groups in total. The molecule has 2 aromatic carbocycles. The molecule has 3 rings (SSSR count). The molecule has 1 aliphatic heterocycles. The van der Waals surface area contributed by atoms with Gasteiger partial charge in [-0.05, 0) is 36.6 Å². The second-order valence-electron chi connectivity index (χ2n) is 7.22. The Bertz CT molecular complexity index is 1120. The second kappa shape index (κ2) is 8.16. The molecule has 0 fully saturated rings. The van der Waals surface area contributed by atoms with Gasteiger partial charge < -0.3 is 0 Å². The monoisotopic (exact) mass is 435 g/mol. The summed E-state index contributed by atoms with van der Waals surface area (Å²) in [6, 6.07) is 14.2. The van der Waals surface area contributed by atoms with Gasteiger partial charge in [-0.3, -0.25) is 4.72 Å². The van der Waals surface area contributed by atoms with Gasteiger partial charge in [0.2, 0.25) is 20.0 Å². The molecule has 0 saturated carbocycles. The normalized spacial score (nSPS) is 17.3. The van der Waals surface area contributed by atoms with Gasteiger partial charge >= 0.3 is 0 Å². The SMILES string of the molecule is CCCS(=O)(=O)N1N=C(c2cccc(NS(C)(=O)=O)c2)CC1c1ccc(C)cc1. The van der Waals surface area contributed by atoms with E-state index in [9.17, 15) is 16.8 Å². The van der Waals surface area contributed by atoms with E-state index in [1.807, 2.05) is 38.1 Å². The van der Waals surface area contributed by atoms with Crippen LogP contribution in [0.5, 0.6) is 0 Å². The smallest absolute Gasteiger partial charge is 0.250 e. The Morgan fingerprint density at radius 2 is 1.79 bits per heavy atom. The maximum atomic E-state index is 12.8. The molecule has 0 saturated heterocycles. The van der Waals surface area contributed by atoms with Crippen molar-refractivity contribution >= 4 is 31.4 Å². The zero-order valence-corrected chi connectivity index (χ0v) is 18.3. The van der Waals surface area contributed by atoms with Gasteiger partial charge in [0, 0.05) is 12.1 Å². The number of nitrogens with one attached hydrogen (secondary N) is 1. The lowest BCUT2D eigenvalue weighted by Crippen LogP contribution is -2.29. The van der Waals surface area contributed by atoms with Crippen molar-refractivity contribution in [2.24, 2.45) is 5.10 Å². The largest absolute Gasteiger partial charge is 0.284 e. The van der Waals surface area contributed by atoms with Gasteiger partial charge in [0.25, 0.3) is 0 Å². The van der Waals surface area contributed by atoms with Crippen molar-refractivity contribution in [1.29, 1.82) is 0 Å². The molecule has 156 valence electrons. The third-order valence-electron chi connectivity index (χ3n) is 4.58. The predicted octanol–water partition coefficient (Wildman–Crippen LogP) is 3.26. The summed E-state index contributed by atoms with van der Waals surface area (Å²) in [5.74, 6) is 0.0157. The molecule has 0 spiro atoms. The van der Waals surface area contributed by atoms with Crippen LogP contribution in [0.15, 0.2) is 53.6 Å². The highest BCUT2D eigenvalue weighted by atomic mass is 32.2. The molecule has 9 heteroatoms. The predicted molar refractivity (Wildman–Crippen MR) is 116 cm³/mol. The van der Waals surface area contributed by atoms with Crippen LogP contribution in [-0.4, -0.2) is 39.0 Å². The van der Waals surface area contributed by atoms with Crippen LogP contribution in [0.2, 0.25) is 0 Å². The molecule has 0 aliphatic carbocycles. The van der Waals surface area contributed by atoms with Gasteiger partial charge in [0.1, 0.15) is 0 Å². The third kappa shape index (κ3) is 5.16. The summed E-state index contributed by atoms with van der Waals surface area (Å²) in [5.41, 5.74) is 3.67. The van der Waals surface area contributed by atoms with Crippen LogP contribution in [0, 0.1) is 6.92 Å². The Kier molecular flexibility index (Phi) is 6.00. The molecular formula is C20H25N3O4S2. The molecule has 2 aromatic rings. The maximum Gasteiger partial charge on any atom is 0.250 e. The summed E-state index contributed by atoms with van der Waals surface area (Å²) in [6.45, 7) is 3.80. The number of rotatable bonds is 7. The molecule has 0 amide bonds. The number of sulfonamides is 2. The fourth-order valence-electron chi connectivity index (χ4n) is 3.28. The first-order valence-electron chi connectivity index (χ1n) is 9.33. The van der Waals surface area contributed by atoms with E-state index >= 15 is 0 Å². The van der Waals surface area contributed by atoms with E-state index in [4.69, 9.17) is 0 Å². The van der Waals surface area contributed by atoms with Crippen LogP contribution in [-0.2, 0) is 20.0 Å². The van der Waals surface area contributed by atoms with E-state index < -0.39 is 26.1 Å². The first kappa shape index (κ1) is 21.3. The minimum atomic E-state index is -3.56. The van der Waals surface area contributed by atoms with E-state index in [2.05, 4.69) is 9.82 Å². The standard InChI is InChI=1S/C20H25N3O4S2/c1-4-12-29(26,27)23-20(16-10-8-15(2)9-11-16)14-19(21-23)17-6-5-7-18(13-17)22-28(3,24)25/h5-11,13,20,22H,4,12,14H2,1-3H3. The molecule has 0 aromatic heterocycles. The minimum Gasteiger partial charge on any atom is -0.284 e. The zero-order chi connectivity index (χ0) is 21.2. The number of anilines is 1. The molecule has 0 bridgehead atoms. The van der Waals surface area contributed by atoms with Crippen molar-refractivity contribution < 1.29 is 16.8 Å². The number of hydrogen-bond acceptors (Lipinski definition) is 5. The highest BCUT2D eigenvalue weighted by molar-refractivity contribution is 7.92. The van der Waals surface area contributed by atoms with Crippen LogP contribution in [0.4, 0.5) is 5.69 Å². The van der Waals surface area contributed by atoms with E-state index in [0.717, 1.165) is 17.4 Å². The Labute approximate surface area is 172 Å². The maximum absolute atomic E-state index is 12.8. The number of hydrogen-bond donors (Lipinski definition) is 1. The lowest BCUT2D eigenvalue weighted by Gasteiger charge is -2.23. The quantitative estimate of drug-likeness (QED) is 0.722. The third-order valence-corrected chi connectivity index (χ3v) is 7.02. The van der Waals surface area contributed by atoms with Crippen LogP contribution in [0.25, 0.3) is 0 Å². The first-order valence-corrected chi connectivity index (χ1v) is 12.8. The minimum absolute atomic E-state index is 0.0157. The topological polar surface area (TPSA) is 95.9 Å². The molecule has 0 radical (unpaired) electrons. The van der Waals surface area contributed by atoms with Crippen LogP contribution < -0.4 is 4.72 Å². The van der Waals surface area contributed by atoms with Crippen LogP contribution in [0.1, 0.15) is 42.5 Å². The lowest BCUT2D eigenvalue weighted by molar-refractivity contribution is 0.371. The average Bonchev–Trinajstić information content (AvgIpc) is 3.07. The van der Waals surface area contributed by atoms with Crippen molar-refractivity contribution in [1.82, 2.24) is 4.41 Å². The summed E-state index contributed by atoms with van der Waals surface area (Å²) in [7, 11) is -6.98. The van der Waals surface area contributed by atoms with Crippen molar-refractivity contribution in [2.75, 3.05) is 16.7 Å². The average molecular weight is 436 g/mol. The Morgan fingerprint density at radius 1 is 1.10 bits per heavy atom. The number of hydrazone groups is 1. The Morgan fingerprint density at radius 3 is 2.41 bits per heavy atom. The van der Waals surface area contributed by atoms with E-state index in [0.29, 0.717) is 29.8 Å².